The summed E-state index contributed by atoms with van der Waals surface area (Å²) < 4.78 is 1.70. The molecular formula is C12H9ClN2OS. The molecule has 0 spiro atoms. The molecule has 0 radical (unpaired) electrons. The van der Waals surface area contributed by atoms with Crippen LogP contribution in [0.5, 0.6) is 0 Å². The number of rotatable bonds is 2. The van der Waals surface area contributed by atoms with Crippen molar-refractivity contribution < 1.29 is 0 Å². The Morgan fingerprint density at radius 3 is 3.00 bits per heavy atom. The molecule has 0 aliphatic carbocycles. The van der Waals surface area contributed by atoms with Crippen LogP contribution >= 0.6 is 22.9 Å². The van der Waals surface area contributed by atoms with Gasteiger partial charge in [0.1, 0.15) is 0 Å². The molecule has 3 rings (SSSR count). The van der Waals surface area contributed by atoms with E-state index < -0.39 is 0 Å². The number of fused-ring (bicyclic) bond motifs is 1. The van der Waals surface area contributed by atoms with Crippen molar-refractivity contribution >= 4 is 34.0 Å². The summed E-state index contributed by atoms with van der Waals surface area (Å²) in [7, 11) is 0. The molecule has 0 aliphatic rings. The van der Waals surface area contributed by atoms with Gasteiger partial charge in [0, 0.05) is 9.90 Å². The van der Waals surface area contributed by atoms with E-state index in [9.17, 15) is 4.79 Å². The Kier molecular flexibility index (Phi) is 2.53. The smallest absolute Gasteiger partial charge is 0.306 e. The normalized spacial score (nSPS) is 11.1. The second-order valence-electron chi connectivity index (χ2n) is 3.76. The van der Waals surface area contributed by atoms with Gasteiger partial charge in [-0.15, -0.1) is 11.3 Å². The van der Waals surface area contributed by atoms with Crippen molar-refractivity contribution in [2.24, 2.45) is 0 Å². The summed E-state index contributed by atoms with van der Waals surface area (Å²) in [5.74, 6) is 0. The molecule has 0 bridgehead atoms. The molecule has 2 heterocycles. The zero-order valence-corrected chi connectivity index (χ0v) is 10.4. The van der Waals surface area contributed by atoms with Crippen LogP contribution in [0.25, 0.3) is 11.0 Å². The summed E-state index contributed by atoms with van der Waals surface area (Å²) in [6, 6.07) is 9.40. The van der Waals surface area contributed by atoms with Gasteiger partial charge in [0.25, 0.3) is 0 Å². The Balaban J connectivity index is 2.17. The van der Waals surface area contributed by atoms with Crippen molar-refractivity contribution in [3.8, 4) is 0 Å². The van der Waals surface area contributed by atoms with Crippen LogP contribution in [0.1, 0.15) is 4.88 Å². The van der Waals surface area contributed by atoms with Crippen LogP contribution in [0.15, 0.2) is 40.5 Å². The molecule has 0 saturated carbocycles. The van der Waals surface area contributed by atoms with Crippen LogP contribution in [-0.4, -0.2) is 9.55 Å². The minimum atomic E-state index is -0.101. The van der Waals surface area contributed by atoms with Gasteiger partial charge in [0.2, 0.25) is 0 Å². The van der Waals surface area contributed by atoms with Crippen molar-refractivity contribution in [1.29, 1.82) is 0 Å². The lowest BCUT2D eigenvalue weighted by Crippen LogP contribution is -2.16. The predicted octanol–water partition coefficient (Wildman–Crippen LogP) is 3.09. The van der Waals surface area contributed by atoms with Gasteiger partial charge in [0.05, 0.1) is 17.6 Å². The number of imidazole rings is 1. The fourth-order valence-corrected chi connectivity index (χ4v) is 2.70. The molecule has 17 heavy (non-hydrogen) atoms. The molecule has 2 aromatic heterocycles. The third-order valence-corrected chi connectivity index (χ3v) is 3.73. The van der Waals surface area contributed by atoms with Crippen LogP contribution in [0.3, 0.4) is 0 Å². The number of hydrogen-bond donors (Lipinski definition) is 1. The molecule has 3 nitrogen and oxygen atoms in total. The first-order valence-corrected chi connectivity index (χ1v) is 6.40. The number of H-pyrrole nitrogens is 1. The van der Waals surface area contributed by atoms with E-state index in [-0.39, 0.29) is 5.69 Å². The monoisotopic (exact) mass is 264 g/mol. The molecule has 0 fully saturated rings. The molecule has 5 heteroatoms. The minimum Gasteiger partial charge on any atom is -0.306 e. The summed E-state index contributed by atoms with van der Waals surface area (Å²) in [6.45, 7) is 0.580. The Morgan fingerprint density at radius 2 is 2.24 bits per heavy atom. The van der Waals surface area contributed by atoms with Crippen molar-refractivity contribution in [2.75, 3.05) is 0 Å². The lowest BCUT2D eigenvalue weighted by atomic mass is 10.3. The zero-order valence-electron chi connectivity index (χ0n) is 8.81. The first kappa shape index (κ1) is 10.6. The van der Waals surface area contributed by atoms with E-state index in [0.29, 0.717) is 11.6 Å². The third-order valence-electron chi connectivity index (χ3n) is 2.63. The fraction of sp³-hybridized carbons (Fsp3) is 0.0833. The molecule has 1 aromatic carbocycles. The van der Waals surface area contributed by atoms with Crippen LogP contribution in [0, 0.1) is 0 Å². The lowest BCUT2D eigenvalue weighted by Gasteiger charge is -2.01. The highest BCUT2D eigenvalue weighted by atomic mass is 35.5. The number of aromatic amines is 1. The van der Waals surface area contributed by atoms with E-state index in [1.165, 1.54) is 0 Å². The van der Waals surface area contributed by atoms with Gasteiger partial charge >= 0.3 is 5.69 Å². The van der Waals surface area contributed by atoms with Crippen LogP contribution < -0.4 is 5.69 Å². The number of nitrogens with one attached hydrogen (secondary N) is 1. The van der Waals surface area contributed by atoms with Crippen LogP contribution in [0.4, 0.5) is 0 Å². The van der Waals surface area contributed by atoms with Crippen molar-refractivity contribution in [3.05, 3.63) is 56.1 Å². The molecule has 86 valence electrons. The number of benzene rings is 1. The van der Waals surface area contributed by atoms with Gasteiger partial charge < -0.3 is 4.98 Å². The Hall–Kier alpha value is -1.52. The summed E-state index contributed by atoms with van der Waals surface area (Å²) in [5.41, 5.74) is 1.56. The Labute approximate surface area is 106 Å². The second kappa shape index (κ2) is 4.05. The maximum Gasteiger partial charge on any atom is 0.326 e. The van der Waals surface area contributed by atoms with E-state index in [2.05, 4.69) is 4.98 Å². The first-order chi connectivity index (χ1) is 8.24. The number of nitrogens with zero attached hydrogens (tertiary/aromatic N) is 1. The Morgan fingerprint density at radius 1 is 1.35 bits per heavy atom. The summed E-state index contributed by atoms with van der Waals surface area (Å²) >= 11 is 7.59. The van der Waals surface area contributed by atoms with E-state index in [0.717, 1.165) is 15.9 Å². The maximum absolute atomic E-state index is 11.8. The second-order valence-corrected chi connectivity index (χ2v) is 5.23. The van der Waals surface area contributed by atoms with Crippen molar-refractivity contribution in [3.63, 3.8) is 0 Å². The zero-order chi connectivity index (χ0) is 11.8. The quantitative estimate of drug-likeness (QED) is 0.759. The number of hydrogen-bond acceptors (Lipinski definition) is 2. The van der Waals surface area contributed by atoms with Crippen LogP contribution in [0.2, 0.25) is 5.02 Å². The Bertz CT molecular complexity index is 712. The average molecular weight is 265 g/mol. The lowest BCUT2D eigenvalue weighted by molar-refractivity contribution is 0.798. The van der Waals surface area contributed by atoms with Gasteiger partial charge in [-0.1, -0.05) is 17.7 Å². The molecule has 0 aliphatic heterocycles. The van der Waals surface area contributed by atoms with E-state index in [1.54, 1.807) is 22.0 Å². The summed E-state index contributed by atoms with van der Waals surface area (Å²) in [5, 5.41) is 2.64. The average Bonchev–Trinajstić information content (AvgIpc) is 2.90. The van der Waals surface area contributed by atoms with Gasteiger partial charge in [-0.25, -0.2) is 4.79 Å². The topological polar surface area (TPSA) is 37.8 Å². The highest BCUT2D eigenvalue weighted by Gasteiger charge is 2.07. The maximum atomic E-state index is 11.8. The van der Waals surface area contributed by atoms with E-state index in [4.69, 9.17) is 11.6 Å². The largest absolute Gasteiger partial charge is 0.326 e. The molecule has 0 saturated heterocycles. The van der Waals surface area contributed by atoms with Crippen molar-refractivity contribution in [2.45, 2.75) is 6.54 Å². The summed E-state index contributed by atoms with van der Waals surface area (Å²) in [4.78, 5) is 15.8. The van der Waals surface area contributed by atoms with Gasteiger partial charge in [-0.3, -0.25) is 4.57 Å². The molecule has 1 N–H and O–H groups in total. The molecule has 3 aromatic rings. The fourth-order valence-electron chi connectivity index (χ4n) is 1.84. The standard InChI is InChI=1S/C12H9ClN2OS/c13-8-3-4-10-11(6-8)15(12(16)14-10)7-9-2-1-5-17-9/h1-6H,7H2,(H,14,16). The van der Waals surface area contributed by atoms with Gasteiger partial charge in [0.15, 0.2) is 0 Å². The number of thiophene rings is 1. The SMILES string of the molecule is O=c1[nH]c2ccc(Cl)cc2n1Cc1cccs1. The predicted molar refractivity (Wildman–Crippen MR) is 71.0 cm³/mol. The highest BCUT2D eigenvalue weighted by Crippen LogP contribution is 2.18. The number of halogens is 1. The molecule has 0 atom stereocenters. The number of aromatic nitrogens is 2. The third kappa shape index (κ3) is 1.90. The highest BCUT2D eigenvalue weighted by molar-refractivity contribution is 7.09. The van der Waals surface area contributed by atoms with E-state index in [1.807, 2.05) is 29.6 Å². The van der Waals surface area contributed by atoms with Gasteiger partial charge in [-0.2, -0.15) is 0 Å². The van der Waals surface area contributed by atoms with E-state index >= 15 is 0 Å². The molecule has 0 unspecified atom stereocenters. The summed E-state index contributed by atoms with van der Waals surface area (Å²) in [6.07, 6.45) is 0. The molecular weight excluding hydrogens is 256 g/mol. The molecule has 0 amide bonds. The van der Waals surface area contributed by atoms with Crippen LogP contribution in [-0.2, 0) is 6.54 Å². The minimum absolute atomic E-state index is 0.101. The van der Waals surface area contributed by atoms with Gasteiger partial charge in [-0.05, 0) is 29.6 Å². The first-order valence-electron chi connectivity index (χ1n) is 5.14. The van der Waals surface area contributed by atoms with Crippen molar-refractivity contribution in [1.82, 2.24) is 9.55 Å².